The number of pyridine rings is 2. The van der Waals surface area contributed by atoms with Gasteiger partial charge >= 0.3 is 0 Å². The van der Waals surface area contributed by atoms with Crippen LogP contribution < -0.4 is 11.1 Å². The number of H-pyrrole nitrogens is 1. The number of fused-ring (bicyclic) bond motifs is 1. The lowest BCUT2D eigenvalue weighted by Gasteiger charge is -2.37. The lowest BCUT2D eigenvalue weighted by Crippen LogP contribution is -2.48. The van der Waals surface area contributed by atoms with Crippen molar-refractivity contribution in [3.8, 4) is 11.1 Å². The van der Waals surface area contributed by atoms with Gasteiger partial charge in [-0.1, -0.05) is 36.4 Å². The average Bonchev–Trinajstić information content (AvgIpc) is 3.34. The predicted molar refractivity (Wildman–Crippen MR) is 157 cm³/mol. The van der Waals surface area contributed by atoms with Gasteiger partial charge in [0.2, 0.25) is 10.0 Å². The van der Waals surface area contributed by atoms with Crippen LogP contribution in [0.2, 0.25) is 0 Å². The van der Waals surface area contributed by atoms with Crippen LogP contribution >= 0.6 is 11.6 Å². The van der Waals surface area contributed by atoms with Crippen LogP contribution in [0.5, 0.6) is 0 Å². The van der Waals surface area contributed by atoms with Crippen molar-refractivity contribution in [3.05, 3.63) is 111 Å². The van der Waals surface area contributed by atoms with Gasteiger partial charge in [0.25, 0.3) is 11.1 Å². The summed E-state index contributed by atoms with van der Waals surface area (Å²) in [6, 6.07) is 13.0. The molecule has 3 aromatic heterocycles. The molecule has 8 nitrogen and oxygen atoms in total. The first kappa shape index (κ1) is 26.6. The number of hydrogen-bond donors (Lipinski definition) is 1. The van der Waals surface area contributed by atoms with Crippen molar-refractivity contribution < 1.29 is 13.2 Å². The fourth-order valence-electron chi connectivity index (χ4n) is 5.43. The Labute approximate surface area is 236 Å². The number of aromatic amines is 1. The van der Waals surface area contributed by atoms with Crippen molar-refractivity contribution in [2.45, 2.75) is 29.9 Å². The van der Waals surface area contributed by atoms with Crippen LogP contribution in [-0.4, -0.2) is 45.3 Å². The van der Waals surface area contributed by atoms with E-state index in [1.807, 2.05) is 12.1 Å². The Morgan fingerprint density at radius 1 is 1.10 bits per heavy atom. The van der Waals surface area contributed by atoms with E-state index in [4.69, 9.17) is 16.3 Å². The first-order chi connectivity index (χ1) is 19.0. The van der Waals surface area contributed by atoms with Crippen LogP contribution in [0.25, 0.3) is 27.6 Å². The van der Waals surface area contributed by atoms with Gasteiger partial charge in [-0.15, -0.1) is 11.6 Å². The van der Waals surface area contributed by atoms with Crippen molar-refractivity contribution >= 4 is 38.1 Å². The minimum Gasteiger partial charge on any atom is -0.380 e. The summed E-state index contributed by atoms with van der Waals surface area (Å²) in [5.74, 6) is 0.335. The van der Waals surface area contributed by atoms with Crippen molar-refractivity contribution in [1.29, 1.82) is 0 Å². The summed E-state index contributed by atoms with van der Waals surface area (Å²) in [6.45, 7) is 4.64. The highest BCUT2D eigenvalue weighted by Gasteiger charge is 2.49. The summed E-state index contributed by atoms with van der Waals surface area (Å²) >= 11 is 6.93. The summed E-state index contributed by atoms with van der Waals surface area (Å²) in [4.78, 5) is 27.9. The lowest BCUT2D eigenvalue weighted by molar-refractivity contribution is 0.00844. The van der Waals surface area contributed by atoms with Crippen molar-refractivity contribution in [2.24, 2.45) is 7.05 Å². The summed E-state index contributed by atoms with van der Waals surface area (Å²) in [6.07, 6.45) is 8.11. The maximum absolute atomic E-state index is 14.1. The van der Waals surface area contributed by atoms with Crippen LogP contribution in [0.1, 0.15) is 30.9 Å². The third kappa shape index (κ3) is 3.95. The molecule has 2 unspecified atom stereocenters. The second-order valence-corrected chi connectivity index (χ2v) is 13.3. The topological polar surface area (TPSA) is 103 Å². The number of nitrogens with zero attached hydrogens (tertiary/aromatic N) is 2. The smallest absolute Gasteiger partial charge is 0.273 e. The second-order valence-electron chi connectivity index (χ2n) is 10.6. The number of benzene rings is 1. The van der Waals surface area contributed by atoms with Crippen molar-refractivity contribution in [2.75, 3.05) is 13.2 Å². The zero-order valence-electron chi connectivity index (χ0n) is 22.2. The number of nitrogens with one attached hydrogen (secondary N) is 1. The molecule has 10 heteroatoms. The second kappa shape index (κ2) is 9.47. The monoisotopic (exact) mass is 577 g/mol. The minimum absolute atomic E-state index is 0.0424. The summed E-state index contributed by atoms with van der Waals surface area (Å²) in [5.41, 5.74) is 4.09. The Hall–Kier alpha value is -3.66. The molecule has 1 fully saturated rings. The highest BCUT2D eigenvalue weighted by atomic mass is 35.5. The number of alkyl halides is 1. The van der Waals surface area contributed by atoms with Gasteiger partial charge in [-0.3, -0.25) is 9.59 Å². The molecule has 0 saturated carbocycles. The maximum atomic E-state index is 14.1. The molecule has 0 spiro atoms. The zero-order valence-corrected chi connectivity index (χ0v) is 23.8. The highest BCUT2D eigenvalue weighted by Crippen LogP contribution is 2.43. The Morgan fingerprint density at radius 3 is 2.58 bits per heavy atom. The molecule has 2 atom stereocenters. The Balaban J connectivity index is 1.47. The molecule has 0 bridgehead atoms. The van der Waals surface area contributed by atoms with Crippen LogP contribution in [-0.2, 0) is 21.8 Å². The fraction of sp³-hybridized carbons (Fsp3) is 0.267. The van der Waals surface area contributed by atoms with E-state index in [2.05, 4.69) is 17.1 Å². The quantitative estimate of drug-likeness (QED) is 0.354. The van der Waals surface area contributed by atoms with Gasteiger partial charge < -0.3 is 14.3 Å². The SMILES string of the molecule is CC1=CC(c2cc(=O)n(C)cc2-c2cccc(C3COC3)c2)=CC(Cl)C1(C)S(=O)(=O)n1ccc2cc[nH]c(=O)c21. The molecule has 0 amide bonds. The number of rotatable bonds is 5. The largest absolute Gasteiger partial charge is 0.380 e. The summed E-state index contributed by atoms with van der Waals surface area (Å²) in [5, 5.41) is -0.482. The number of hydrogen-bond acceptors (Lipinski definition) is 5. The minimum atomic E-state index is -4.19. The van der Waals surface area contributed by atoms with E-state index < -0.39 is 25.7 Å². The Bertz CT molecular complexity index is 1960. The maximum Gasteiger partial charge on any atom is 0.273 e. The molecule has 40 heavy (non-hydrogen) atoms. The van der Waals surface area contributed by atoms with Gasteiger partial charge in [0.15, 0.2) is 0 Å². The van der Waals surface area contributed by atoms with Crippen LogP contribution in [0.4, 0.5) is 0 Å². The number of aromatic nitrogens is 3. The van der Waals surface area contributed by atoms with E-state index in [1.165, 1.54) is 17.0 Å². The molecule has 4 aromatic rings. The van der Waals surface area contributed by atoms with E-state index in [9.17, 15) is 18.0 Å². The van der Waals surface area contributed by atoms with Crippen LogP contribution in [0, 0.1) is 0 Å². The molecule has 0 radical (unpaired) electrons. The van der Waals surface area contributed by atoms with Gasteiger partial charge in [-0.05, 0) is 53.8 Å². The number of halogens is 1. The normalized spacial score (nSPS) is 21.6. The molecule has 1 aromatic carbocycles. The Kier molecular flexibility index (Phi) is 6.29. The van der Waals surface area contributed by atoms with Gasteiger partial charge in [0, 0.05) is 48.6 Å². The lowest BCUT2D eigenvalue weighted by atomic mass is 9.84. The third-order valence-electron chi connectivity index (χ3n) is 8.22. The van der Waals surface area contributed by atoms with Crippen LogP contribution in [0.3, 0.4) is 0 Å². The van der Waals surface area contributed by atoms with E-state index in [-0.39, 0.29) is 11.1 Å². The highest BCUT2D eigenvalue weighted by molar-refractivity contribution is 7.91. The molecule has 4 heterocycles. The van der Waals surface area contributed by atoms with Gasteiger partial charge in [0.1, 0.15) is 10.3 Å². The van der Waals surface area contributed by atoms with E-state index in [0.29, 0.717) is 41.2 Å². The first-order valence-corrected chi connectivity index (χ1v) is 14.8. The standard InChI is InChI=1S/C30H28ClN3O5S/c1-18-11-22(13-26(31)30(18,2)40(37,38)34-10-8-19-7-9-32-29(36)28(19)34)24-14-27(35)33(3)15-25(24)21-6-4-5-20(12-21)23-16-39-17-23/h4-15,23,26H,16-17H2,1-3H3,(H,32,36). The molecular weight excluding hydrogens is 550 g/mol. The third-order valence-corrected chi connectivity index (χ3v) is 11.4. The number of allylic oxidation sites excluding steroid dienone is 3. The van der Waals surface area contributed by atoms with E-state index >= 15 is 0 Å². The molecule has 1 saturated heterocycles. The summed E-state index contributed by atoms with van der Waals surface area (Å²) < 4.78 is 34.6. The molecule has 1 N–H and O–H groups in total. The van der Waals surface area contributed by atoms with Gasteiger partial charge in [-0.25, -0.2) is 12.4 Å². The zero-order chi connectivity index (χ0) is 28.4. The molecule has 6 rings (SSSR count). The predicted octanol–water partition coefficient (Wildman–Crippen LogP) is 4.40. The molecule has 206 valence electrons. The summed E-state index contributed by atoms with van der Waals surface area (Å²) in [7, 11) is -2.48. The first-order valence-electron chi connectivity index (χ1n) is 12.9. The number of aryl methyl sites for hydroxylation is 1. The van der Waals surface area contributed by atoms with Gasteiger partial charge in [0.05, 0.1) is 18.6 Å². The van der Waals surface area contributed by atoms with Crippen LogP contribution in [0.15, 0.2) is 88.4 Å². The van der Waals surface area contributed by atoms with Crippen molar-refractivity contribution in [1.82, 2.24) is 13.5 Å². The molecule has 1 aliphatic heterocycles. The average molecular weight is 578 g/mol. The molecule has 2 aliphatic rings. The Morgan fingerprint density at radius 2 is 1.88 bits per heavy atom. The molecular formula is C30H28ClN3O5S. The fourth-order valence-corrected chi connectivity index (χ4v) is 7.96. The van der Waals surface area contributed by atoms with Crippen molar-refractivity contribution in [3.63, 3.8) is 0 Å². The van der Waals surface area contributed by atoms with Gasteiger partial charge in [-0.2, -0.15) is 0 Å². The van der Waals surface area contributed by atoms with E-state index in [1.54, 1.807) is 57.4 Å². The van der Waals surface area contributed by atoms with E-state index in [0.717, 1.165) is 20.7 Å². The number of ether oxygens (including phenoxy) is 1. The molecule has 1 aliphatic carbocycles.